The normalized spacial score (nSPS) is 11.8. The predicted molar refractivity (Wildman–Crippen MR) is 107 cm³/mol. The number of benzene rings is 2. The first-order chi connectivity index (χ1) is 12.3. The summed E-state index contributed by atoms with van der Waals surface area (Å²) < 4.78 is 34.3. The Labute approximate surface area is 161 Å². The van der Waals surface area contributed by atoms with E-state index in [9.17, 15) is 8.42 Å². The van der Waals surface area contributed by atoms with Crippen LogP contribution in [0, 0.1) is 6.92 Å². The molecule has 142 valence electrons. The van der Waals surface area contributed by atoms with Crippen molar-refractivity contribution < 1.29 is 13.2 Å². The Morgan fingerprint density at radius 2 is 1.88 bits per heavy atom. The summed E-state index contributed by atoms with van der Waals surface area (Å²) in [4.78, 5) is 0.173. The van der Waals surface area contributed by atoms with Gasteiger partial charge in [-0.25, -0.2) is 13.1 Å². The Bertz CT molecular complexity index is 863. The van der Waals surface area contributed by atoms with Gasteiger partial charge in [0.15, 0.2) is 0 Å². The Balaban J connectivity index is 2.39. The van der Waals surface area contributed by atoms with Gasteiger partial charge in [-0.3, -0.25) is 0 Å². The van der Waals surface area contributed by atoms with Crippen LogP contribution < -0.4 is 9.46 Å². The molecule has 0 amide bonds. The molecule has 0 radical (unpaired) electrons. The van der Waals surface area contributed by atoms with Crippen molar-refractivity contribution in [3.8, 4) is 5.75 Å². The molecule has 0 aliphatic heterocycles. The smallest absolute Gasteiger partial charge is 0.244 e. The molecule has 0 atom stereocenters. The maximum Gasteiger partial charge on any atom is 0.244 e. The number of sulfonamides is 1. The molecule has 1 N–H and O–H groups in total. The Morgan fingerprint density at radius 1 is 1.19 bits per heavy atom. The zero-order valence-corrected chi connectivity index (χ0v) is 17.2. The highest BCUT2D eigenvalue weighted by Crippen LogP contribution is 2.31. The lowest BCUT2D eigenvalue weighted by molar-refractivity contribution is 0.308. The third-order valence-electron chi connectivity index (χ3n) is 4.12. The van der Waals surface area contributed by atoms with Crippen molar-refractivity contribution in [1.82, 2.24) is 4.72 Å². The van der Waals surface area contributed by atoms with E-state index in [1.165, 1.54) is 0 Å². The second-order valence-electron chi connectivity index (χ2n) is 6.57. The lowest BCUT2D eigenvalue weighted by Gasteiger charge is -2.18. The topological polar surface area (TPSA) is 55.4 Å². The number of hydrogen-bond acceptors (Lipinski definition) is 3. The SMILES string of the molecule is CCCOc1cc(C)c(C(C)C)cc1S(=O)(=O)NCc1ccccc1Cl. The fourth-order valence-electron chi connectivity index (χ4n) is 2.73. The molecule has 0 saturated heterocycles. The molecule has 0 aliphatic carbocycles. The van der Waals surface area contributed by atoms with Crippen LogP contribution in [0.25, 0.3) is 0 Å². The molecule has 0 saturated carbocycles. The molecule has 0 aromatic heterocycles. The van der Waals surface area contributed by atoms with Crippen LogP contribution in [-0.4, -0.2) is 15.0 Å². The molecule has 2 rings (SSSR count). The molecule has 26 heavy (non-hydrogen) atoms. The van der Waals surface area contributed by atoms with E-state index in [0.717, 1.165) is 23.1 Å². The minimum absolute atomic E-state index is 0.125. The van der Waals surface area contributed by atoms with Crippen molar-refractivity contribution in [1.29, 1.82) is 0 Å². The van der Waals surface area contributed by atoms with E-state index in [2.05, 4.69) is 4.72 Å². The standard InChI is InChI=1S/C20H26ClNO3S/c1-5-10-25-19-11-15(4)17(14(2)3)12-20(19)26(23,24)22-13-16-8-6-7-9-18(16)21/h6-9,11-12,14,22H,5,10,13H2,1-4H3. The van der Waals surface area contributed by atoms with Crippen molar-refractivity contribution in [2.45, 2.75) is 51.5 Å². The van der Waals surface area contributed by atoms with Gasteiger partial charge in [-0.15, -0.1) is 0 Å². The predicted octanol–water partition coefficient (Wildman–Crippen LogP) is 5.04. The van der Waals surface area contributed by atoms with Gasteiger partial charge in [0.05, 0.1) is 6.61 Å². The van der Waals surface area contributed by atoms with Gasteiger partial charge >= 0.3 is 0 Å². The van der Waals surface area contributed by atoms with Crippen molar-refractivity contribution in [3.63, 3.8) is 0 Å². The van der Waals surface area contributed by atoms with E-state index in [0.29, 0.717) is 17.4 Å². The molecule has 0 aliphatic rings. The van der Waals surface area contributed by atoms with Gasteiger partial charge in [0.1, 0.15) is 10.6 Å². The van der Waals surface area contributed by atoms with Gasteiger partial charge in [0.25, 0.3) is 0 Å². The first-order valence-corrected chi connectivity index (χ1v) is 10.6. The van der Waals surface area contributed by atoms with E-state index < -0.39 is 10.0 Å². The van der Waals surface area contributed by atoms with Crippen molar-refractivity contribution in [2.75, 3.05) is 6.61 Å². The zero-order chi connectivity index (χ0) is 19.3. The van der Waals surface area contributed by atoms with Gasteiger partial charge in [-0.2, -0.15) is 0 Å². The number of aryl methyl sites for hydroxylation is 1. The van der Waals surface area contributed by atoms with E-state index >= 15 is 0 Å². The number of hydrogen-bond donors (Lipinski definition) is 1. The minimum Gasteiger partial charge on any atom is -0.492 e. The maximum absolute atomic E-state index is 13.0. The number of rotatable bonds is 8. The van der Waals surface area contributed by atoms with Gasteiger partial charge < -0.3 is 4.74 Å². The zero-order valence-electron chi connectivity index (χ0n) is 15.7. The number of ether oxygens (including phenoxy) is 1. The second kappa shape index (κ2) is 8.89. The van der Waals surface area contributed by atoms with Crippen LogP contribution in [0.3, 0.4) is 0 Å². The van der Waals surface area contributed by atoms with Crippen molar-refractivity contribution >= 4 is 21.6 Å². The van der Waals surface area contributed by atoms with Gasteiger partial charge in [0, 0.05) is 11.6 Å². The van der Waals surface area contributed by atoms with E-state index in [1.807, 2.05) is 45.9 Å². The molecule has 0 unspecified atom stereocenters. The molecule has 0 spiro atoms. The first-order valence-electron chi connectivity index (χ1n) is 8.76. The molecule has 6 heteroatoms. The first kappa shape index (κ1) is 20.7. The summed E-state index contributed by atoms with van der Waals surface area (Å²) in [6.07, 6.45) is 0.803. The van der Waals surface area contributed by atoms with Crippen molar-refractivity contribution in [3.05, 3.63) is 58.1 Å². The summed E-state index contributed by atoms with van der Waals surface area (Å²) in [6, 6.07) is 10.7. The van der Waals surface area contributed by atoms with Gasteiger partial charge in [-0.05, 0) is 54.2 Å². The van der Waals surface area contributed by atoms with Crippen LogP contribution in [0.5, 0.6) is 5.75 Å². The van der Waals surface area contributed by atoms with Crippen molar-refractivity contribution in [2.24, 2.45) is 0 Å². The van der Waals surface area contributed by atoms with E-state index in [4.69, 9.17) is 16.3 Å². The fraction of sp³-hybridized carbons (Fsp3) is 0.400. The molecule has 4 nitrogen and oxygen atoms in total. The van der Waals surface area contributed by atoms with Gasteiger partial charge in [-0.1, -0.05) is 50.6 Å². The van der Waals surface area contributed by atoms with Crippen LogP contribution in [0.4, 0.5) is 0 Å². The summed E-state index contributed by atoms with van der Waals surface area (Å²) >= 11 is 6.13. The number of halogens is 1. The average molecular weight is 396 g/mol. The molecule has 0 bridgehead atoms. The largest absolute Gasteiger partial charge is 0.492 e. The average Bonchev–Trinajstić information content (AvgIpc) is 2.58. The molecular weight excluding hydrogens is 370 g/mol. The summed E-state index contributed by atoms with van der Waals surface area (Å²) in [5.74, 6) is 0.605. The quantitative estimate of drug-likeness (QED) is 0.681. The van der Waals surface area contributed by atoms with Crippen LogP contribution in [0.2, 0.25) is 5.02 Å². The fourth-order valence-corrected chi connectivity index (χ4v) is 4.09. The van der Waals surface area contributed by atoms with Crippen LogP contribution in [-0.2, 0) is 16.6 Å². The van der Waals surface area contributed by atoms with Crippen LogP contribution >= 0.6 is 11.6 Å². The van der Waals surface area contributed by atoms with Gasteiger partial charge in [0.2, 0.25) is 10.0 Å². The number of nitrogens with one attached hydrogen (secondary N) is 1. The lowest BCUT2D eigenvalue weighted by Crippen LogP contribution is -2.24. The molecule has 0 heterocycles. The van der Waals surface area contributed by atoms with E-state index in [1.54, 1.807) is 18.2 Å². The molecular formula is C20H26ClNO3S. The van der Waals surface area contributed by atoms with Crippen LogP contribution in [0.1, 0.15) is 49.8 Å². The third kappa shape index (κ3) is 5.00. The summed E-state index contributed by atoms with van der Waals surface area (Å²) in [6.45, 7) is 8.64. The summed E-state index contributed by atoms with van der Waals surface area (Å²) in [5, 5.41) is 0.532. The molecule has 0 fully saturated rings. The second-order valence-corrected chi connectivity index (χ2v) is 8.72. The summed E-state index contributed by atoms with van der Waals surface area (Å²) in [5.41, 5.74) is 2.74. The summed E-state index contributed by atoms with van der Waals surface area (Å²) in [7, 11) is -3.74. The highest BCUT2D eigenvalue weighted by molar-refractivity contribution is 7.89. The molecule has 2 aromatic carbocycles. The highest BCUT2D eigenvalue weighted by Gasteiger charge is 2.22. The van der Waals surface area contributed by atoms with Crippen LogP contribution in [0.15, 0.2) is 41.3 Å². The monoisotopic (exact) mass is 395 g/mol. The molecule has 2 aromatic rings. The third-order valence-corrected chi connectivity index (χ3v) is 5.91. The lowest BCUT2D eigenvalue weighted by atomic mass is 9.98. The Hall–Kier alpha value is -1.56. The maximum atomic E-state index is 13.0. The van der Waals surface area contributed by atoms with E-state index in [-0.39, 0.29) is 17.4 Å². The highest BCUT2D eigenvalue weighted by atomic mass is 35.5. The Kier molecular flexibility index (Phi) is 7.09. The Morgan fingerprint density at radius 3 is 2.50 bits per heavy atom. The minimum atomic E-state index is -3.74.